The van der Waals surface area contributed by atoms with Crippen molar-refractivity contribution in [2.75, 3.05) is 0 Å². The van der Waals surface area contributed by atoms with Gasteiger partial charge in [-0.05, 0) is 31.0 Å². The Morgan fingerprint density at radius 1 is 1.47 bits per heavy atom. The number of benzene rings is 1. The molecule has 0 atom stereocenters. The van der Waals surface area contributed by atoms with Crippen molar-refractivity contribution in [3.8, 4) is 5.69 Å². The maximum Gasteiger partial charge on any atom is 0.375 e. The monoisotopic (exact) mass is 281 g/mol. The Kier molecular flexibility index (Phi) is 2.74. The van der Waals surface area contributed by atoms with Crippen LogP contribution in [0.15, 0.2) is 18.2 Å². The SMILES string of the molecule is O=C(O)c1nc(C2CC2)n(-c2ccc(Cl)cc2F)n1. The molecule has 0 amide bonds. The predicted octanol–water partition coefficient (Wildman–Crippen LogP) is 2.64. The van der Waals surface area contributed by atoms with Gasteiger partial charge in [-0.1, -0.05) is 11.6 Å². The molecular weight excluding hydrogens is 273 g/mol. The molecule has 1 aliphatic rings. The van der Waals surface area contributed by atoms with Crippen molar-refractivity contribution in [1.82, 2.24) is 14.8 Å². The van der Waals surface area contributed by atoms with Crippen LogP contribution in [0.1, 0.15) is 35.2 Å². The van der Waals surface area contributed by atoms with Crippen molar-refractivity contribution in [1.29, 1.82) is 0 Å². The molecule has 5 nitrogen and oxygen atoms in total. The molecule has 0 bridgehead atoms. The lowest BCUT2D eigenvalue weighted by Crippen LogP contribution is -2.05. The Labute approximate surface area is 112 Å². The van der Waals surface area contributed by atoms with Gasteiger partial charge in [0.05, 0.1) is 0 Å². The van der Waals surface area contributed by atoms with Gasteiger partial charge in [-0.25, -0.2) is 18.9 Å². The minimum atomic E-state index is -1.23. The Morgan fingerprint density at radius 2 is 2.21 bits per heavy atom. The largest absolute Gasteiger partial charge is 0.475 e. The summed E-state index contributed by atoms with van der Waals surface area (Å²) < 4.78 is 15.1. The number of carboxylic acid groups (broad SMARTS) is 1. The van der Waals surface area contributed by atoms with Gasteiger partial charge in [-0.15, -0.1) is 5.10 Å². The number of nitrogens with zero attached hydrogens (tertiary/aromatic N) is 3. The van der Waals surface area contributed by atoms with Crippen LogP contribution in [0.25, 0.3) is 5.69 Å². The normalized spacial score (nSPS) is 14.6. The third-order valence-corrected chi connectivity index (χ3v) is 3.14. The molecule has 7 heteroatoms. The van der Waals surface area contributed by atoms with E-state index in [1.54, 1.807) is 0 Å². The van der Waals surface area contributed by atoms with Crippen LogP contribution in [0.4, 0.5) is 4.39 Å². The average Bonchev–Trinajstić information content (AvgIpc) is 3.09. The van der Waals surface area contributed by atoms with Crippen LogP contribution in [0.3, 0.4) is 0 Å². The summed E-state index contributed by atoms with van der Waals surface area (Å²) in [6, 6.07) is 4.15. The summed E-state index contributed by atoms with van der Waals surface area (Å²) in [5.41, 5.74) is 0.159. The number of halogens is 2. The minimum absolute atomic E-state index is 0.149. The van der Waals surface area contributed by atoms with Gasteiger partial charge in [0.1, 0.15) is 17.3 Å². The van der Waals surface area contributed by atoms with Crippen molar-refractivity contribution in [3.05, 3.63) is 40.7 Å². The van der Waals surface area contributed by atoms with Crippen LogP contribution in [-0.2, 0) is 0 Å². The zero-order chi connectivity index (χ0) is 13.6. The van der Waals surface area contributed by atoms with E-state index >= 15 is 0 Å². The second-order valence-corrected chi connectivity index (χ2v) is 4.82. The number of carboxylic acids is 1. The average molecular weight is 282 g/mol. The standard InChI is InChI=1S/C12H9ClFN3O2/c13-7-3-4-9(8(14)5-7)17-11(6-1-2-6)15-10(16-17)12(18)19/h3-6H,1-2H2,(H,18,19). The lowest BCUT2D eigenvalue weighted by Gasteiger charge is -2.06. The van der Waals surface area contributed by atoms with E-state index in [4.69, 9.17) is 16.7 Å². The van der Waals surface area contributed by atoms with E-state index in [0.29, 0.717) is 5.82 Å². The molecule has 1 aliphatic carbocycles. The molecule has 1 aromatic carbocycles. The minimum Gasteiger partial charge on any atom is -0.475 e. The molecule has 1 heterocycles. The Morgan fingerprint density at radius 3 is 2.79 bits per heavy atom. The van der Waals surface area contributed by atoms with Crippen molar-refractivity contribution in [2.24, 2.45) is 0 Å². The molecule has 1 aromatic heterocycles. The van der Waals surface area contributed by atoms with Gasteiger partial charge >= 0.3 is 5.97 Å². The summed E-state index contributed by atoms with van der Waals surface area (Å²) in [6.07, 6.45) is 1.82. The lowest BCUT2D eigenvalue weighted by atomic mass is 10.3. The first-order valence-electron chi connectivity index (χ1n) is 5.72. The molecule has 1 N–H and O–H groups in total. The van der Waals surface area contributed by atoms with E-state index in [0.717, 1.165) is 18.9 Å². The number of aromatic carboxylic acids is 1. The number of rotatable bonds is 3. The molecule has 0 radical (unpaired) electrons. The third-order valence-electron chi connectivity index (χ3n) is 2.90. The summed E-state index contributed by atoms with van der Waals surface area (Å²) >= 11 is 5.70. The Bertz CT molecular complexity index is 667. The molecule has 1 fully saturated rings. The number of hydrogen-bond acceptors (Lipinski definition) is 3. The Balaban J connectivity index is 2.15. The maximum absolute atomic E-state index is 13.9. The van der Waals surface area contributed by atoms with Crippen LogP contribution in [0.2, 0.25) is 5.02 Å². The maximum atomic E-state index is 13.9. The van der Waals surface area contributed by atoms with E-state index in [2.05, 4.69) is 10.1 Å². The van der Waals surface area contributed by atoms with Crippen molar-refractivity contribution < 1.29 is 14.3 Å². The Hall–Kier alpha value is -1.95. The summed E-state index contributed by atoms with van der Waals surface area (Å²) in [5, 5.41) is 13.1. The molecule has 0 aliphatic heterocycles. The van der Waals surface area contributed by atoms with Crippen LogP contribution >= 0.6 is 11.6 Å². The van der Waals surface area contributed by atoms with Gasteiger partial charge in [0, 0.05) is 10.9 Å². The summed E-state index contributed by atoms with van der Waals surface area (Å²) in [6.45, 7) is 0. The van der Waals surface area contributed by atoms with Crippen LogP contribution in [0, 0.1) is 5.82 Å². The topological polar surface area (TPSA) is 68.0 Å². The molecule has 98 valence electrons. The molecule has 0 spiro atoms. The fourth-order valence-corrected chi connectivity index (χ4v) is 2.01. The van der Waals surface area contributed by atoms with Crippen LogP contribution in [-0.4, -0.2) is 25.8 Å². The van der Waals surface area contributed by atoms with Gasteiger partial charge in [-0.3, -0.25) is 0 Å². The molecule has 1 saturated carbocycles. The highest BCUT2D eigenvalue weighted by atomic mass is 35.5. The molecule has 19 heavy (non-hydrogen) atoms. The fraction of sp³-hybridized carbons (Fsp3) is 0.250. The molecular formula is C12H9ClFN3O2. The molecule has 0 saturated heterocycles. The molecule has 3 rings (SSSR count). The first-order chi connectivity index (χ1) is 9.06. The second kappa shape index (κ2) is 4.31. The van der Waals surface area contributed by atoms with Crippen LogP contribution < -0.4 is 0 Å². The van der Waals surface area contributed by atoms with E-state index < -0.39 is 11.8 Å². The number of aromatic nitrogens is 3. The zero-order valence-electron chi connectivity index (χ0n) is 9.68. The van der Waals surface area contributed by atoms with Gasteiger partial charge in [-0.2, -0.15) is 0 Å². The summed E-state index contributed by atoms with van der Waals surface area (Å²) in [7, 11) is 0. The van der Waals surface area contributed by atoms with Gasteiger partial charge in [0.15, 0.2) is 0 Å². The fourth-order valence-electron chi connectivity index (χ4n) is 1.85. The third kappa shape index (κ3) is 2.19. The number of hydrogen-bond donors (Lipinski definition) is 1. The quantitative estimate of drug-likeness (QED) is 0.939. The van der Waals surface area contributed by atoms with Gasteiger partial charge < -0.3 is 5.11 Å². The highest BCUT2D eigenvalue weighted by Crippen LogP contribution is 2.40. The highest BCUT2D eigenvalue weighted by Gasteiger charge is 2.32. The highest BCUT2D eigenvalue weighted by molar-refractivity contribution is 6.30. The first kappa shape index (κ1) is 12.1. The van der Waals surface area contributed by atoms with E-state index in [-0.39, 0.29) is 22.5 Å². The molecule has 2 aromatic rings. The summed E-state index contributed by atoms with van der Waals surface area (Å²) in [4.78, 5) is 14.9. The second-order valence-electron chi connectivity index (χ2n) is 4.38. The lowest BCUT2D eigenvalue weighted by molar-refractivity contribution is 0.0683. The smallest absolute Gasteiger partial charge is 0.375 e. The molecule has 0 unspecified atom stereocenters. The van der Waals surface area contributed by atoms with Crippen molar-refractivity contribution in [2.45, 2.75) is 18.8 Å². The van der Waals surface area contributed by atoms with Gasteiger partial charge in [0.2, 0.25) is 0 Å². The van der Waals surface area contributed by atoms with E-state index in [1.807, 2.05) is 0 Å². The first-order valence-corrected chi connectivity index (χ1v) is 6.09. The van der Waals surface area contributed by atoms with Crippen LogP contribution in [0.5, 0.6) is 0 Å². The van der Waals surface area contributed by atoms with Gasteiger partial charge in [0.25, 0.3) is 5.82 Å². The zero-order valence-corrected chi connectivity index (χ0v) is 10.4. The van der Waals surface area contributed by atoms with Crippen molar-refractivity contribution >= 4 is 17.6 Å². The van der Waals surface area contributed by atoms with Crippen molar-refractivity contribution in [3.63, 3.8) is 0 Å². The number of carbonyl (C=O) groups is 1. The van der Waals surface area contributed by atoms with E-state index in [1.165, 1.54) is 16.8 Å². The summed E-state index contributed by atoms with van der Waals surface area (Å²) in [5.74, 6) is -1.48. The predicted molar refractivity (Wildman–Crippen MR) is 65.3 cm³/mol. The van der Waals surface area contributed by atoms with E-state index in [9.17, 15) is 9.18 Å².